The van der Waals surface area contributed by atoms with E-state index in [4.69, 9.17) is 0 Å². The van der Waals surface area contributed by atoms with Crippen molar-refractivity contribution in [2.75, 3.05) is 0 Å². The molecule has 0 unspecified atom stereocenters. The molecule has 0 aromatic rings. The van der Waals surface area contributed by atoms with Gasteiger partial charge in [0.2, 0.25) is 0 Å². The van der Waals surface area contributed by atoms with E-state index in [0.29, 0.717) is 0 Å². The van der Waals surface area contributed by atoms with Crippen LogP contribution in [0.2, 0.25) is 15.0 Å². The van der Waals surface area contributed by atoms with Gasteiger partial charge in [-0.2, -0.15) is 11.8 Å². The fourth-order valence-corrected chi connectivity index (χ4v) is 3.51. The minimum absolute atomic E-state index is 1.38. The fourth-order valence-electron chi connectivity index (χ4n) is 1.28. The van der Waals surface area contributed by atoms with Crippen molar-refractivity contribution >= 4 is 29.7 Å². The maximum atomic E-state index is 9.29. The van der Waals surface area contributed by atoms with Gasteiger partial charge in [-0.15, -0.1) is 0 Å². The van der Waals surface area contributed by atoms with E-state index in [0.717, 1.165) is 0 Å². The topological polar surface area (TPSA) is 46.1 Å². The first-order valence-electron chi connectivity index (χ1n) is 8.85. The van der Waals surface area contributed by atoms with Gasteiger partial charge in [-0.25, -0.2) is 0 Å². The van der Waals surface area contributed by atoms with Crippen LogP contribution >= 0.6 is 5.69 Å². The minimum Gasteiger partial charge on any atom is -0.850 e. The van der Waals surface area contributed by atoms with Crippen molar-refractivity contribution in [3.05, 3.63) is 0 Å². The van der Waals surface area contributed by atoms with E-state index in [1.54, 1.807) is 0 Å². The number of unbranched alkanes of at least 4 members (excludes halogenated alkanes) is 6. The second kappa shape index (κ2) is 32.5. The van der Waals surface area contributed by atoms with Gasteiger partial charge in [-0.3, -0.25) is 0 Å². The summed E-state index contributed by atoms with van der Waals surface area (Å²) >= 11 is 11.7. The van der Waals surface area contributed by atoms with Gasteiger partial charge in [0, 0.05) is 0 Å². The summed E-state index contributed by atoms with van der Waals surface area (Å²) in [5.74, 6) is 0. The van der Waals surface area contributed by atoms with Crippen LogP contribution in [0.1, 0.15) is 78.6 Å². The first-order chi connectivity index (χ1) is 10.7. The van der Waals surface area contributed by atoms with Gasteiger partial charge in [-0.05, 0) is 0 Å². The van der Waals surface area contributed by atoms with Crippen molar-refractivity contribution < 1.29 is 64.7 Å². The quantitative estimate of drug-likeness (QED) is 0.182. The Morgan fingerprint density at radius 1 is 0.696 bits per heavy atom. The first kappa shape index (κ1) is 33.4. The average Bonchev–Trinajstić information content (AvgIpc) is 2.48. The van der Waals surface area contributed by atoms with Gasteiger partial charge in [0.15, 0.2) is 0 Å². The summed E-state index contributed by atoms with van der Waals surface area (Å²) in [7, 11) is 0. The van der Waals surface area contributed by atoms with Gasteiger partial charge >= 0.3 is 149 Å². The molecule has 0 rings (SSSR count). The van der Waals surface area contributed by atoms with E-state index >= 15 is 0 Å². The van der Waals surface area contributed by atoms with Gasteiger partial charge in [0.25, 0.3) is 0 Å². The Balaban J connectivity index is -0.000000105. The average molecular weight is 537 g/mol. The van der Waals surface area contributed by atoms with E-state index in [9.17, 15) is 9.79 Å². The summed E-state index contributed by atoms with van der Waals surface area (Å²) in [5, 5.41) is 4.44. The largest absolute Gasteiger partial charge is 0.850 e. The molecule has 128 valence electrons. The Labute approximate surface area is 186 Å². The molecule has 0 aliphatic heterocycles. The molecule has 0 fully saturated rings. The normalized spacial score (nSPS) is 9.74. The van der Waals surface area contributed by atoms with Crippen LogP contribution in [-0.4, -0.2) is 0 Å². The SMILES string of the molecule is CCCC[CH2][Zn+].CCCC[CH2][Zn+].CCCC[CH2][Zn+].[O-]P([O-])(=S)[S-]. The van der Waals surface area contributed by atoms with Crippen molar-refractivity contribution in [2.45, 2.75) is 93.6 Å². The van der Waals surface area contributed by atoms with Crippen LogP contribution in [0, 0.1) is 0 Å². The Hall–Kier alpha value is 2.79. The van der Waals surface area contributed by atoms with Crippen molar-refractivity contribution in [1.29, 1.82) is 0 Å². The second-order valence-electron chi connectivity index (χ2n) is 5.13. The molecule has 0 radical (unpaired) electrons. The summed E-state index contributed by atoms with van der Waals surface area (Å²) < 4.78 is 0. The molecule has 0 aliphatic carbocycles. The van der Waals surface area contributed by atoms with Crippen LogP contribution in [0.15, 0.2) is 0 Å². The van der Waals surface area contributed by atoms with Crippen molar-refractivity contribution in [3.63, 3.8) is 0 Å². The molecule has 0 saturated carbocycles. The molecule has 23 heavy (non-hydrogen) atoms. The Morgan fingerprint density at radius 3 is 0.913 bits per heavy atom. The molecule has 0 aliphatic rings. The third-order valence-corrected chi connectivity index (χ3v) is 5.71. The van der Waals surface area contributed by atoms with Crippen molar-refractivity contribution in [2.24, 2.45) is 0 Å². The first-order valence-corrected chi connectivity index (χ1v) is 18.8. The molecule has 0 aromatic heterocycles. The predicted octanol–water partition coefficient (Wildman–Crippen LogP) is 4.90. The summed E-state index contributed by atoms with van der Waals surface area (Å²) in [4.78, 5) is 18.6. The van der Waals surface area contributed by atoms with Crippen LogP contribution in [-0.2, 0) is 79.0 Å². The van der Waals surface area contributed by atoms with Crippen molar-refractivity contribution in [1.82, 2.24) is 0 Å². The van der Waals surface area contributed by atoms with E-state index in [-0.39, 0.29) is 0 Å². The molecule has 0 aromatic carbocycles. The molecule has 0 heterocycles. The van der Waals surface area contributed by atoms with Crippen molar-refractivity contribution in [3.8, 4) is 0 Å². The molecule has 0 spiro atoms. The smallest absolute Gasteiger partial charge is 0.160 e. The molecule has 8 heteroatoms. The molecular formula is C15H33O2PS2Zn3. The van der Waals surface area contributed by atoms with Crippen LogP contribution in [0.3, 0.4) is 0 Å². The van der Waals surface area contributed by atoms with Gasteiger partial charge in [-0.1, -0.05) is 0 Å². The number of hydrogen-bond acceptors (Lipinski definition) is 4. The third kappa shape index (κ3) is 92.6. The van der Waals surface area contributed by atoms with E-state index in [1.165, 1.54) is 128 Å². The van der Waals surface area contributed by atoms with E-state index in [2.05, 4.69) is 44.8 Å². The van der Waals surface area contributed by atoms with E-state index in [1.807, 2.05) is 0 Å². The molecule has 0 amide bonds. The standard InChI is InChI=1S/3C5H11.H3O2PS2.3Zn/c3*1-3-5-4-2;1-3(2,4)5;;;/h3*1,3-5H2,2H3;(H3,1,2,4,5);;;/q;;;;3*+1/p-3. The molecule has 2 nitrogen and oxygen atoms in total. The van der Waals surface area contributed by atoms with Gasteiger partial charge in [0.1, 0.15) is 0 Å². The monoisotopic (exact) mass is 532 g/mol. The molecule has 0 saturated heterocycles. The zero-order valence-corrected chi connectivity index (χ0v) is 27.1. The third-order valence-electron chi connectivity index (χ3n) is 2.56. The number of hydrogen-bond donors (Lipinski definition) is 0. The van der Waals surface area contributed by atoms with Gasteiger partial charge < -0.3 is 27.7 Å². The molecule has 0 N–H and O–H groups in total. The minimum atomic E-state index is -3.72. The zero-order chi connectivity index (χ0) is 19.0. The van der Waals surface area contributed by atoms with Gasteiger partial charge in [0.05, 0.1) is 0 Å². The Morgan fingerprint density at radius 2 is 0.870 bits per heavy atom. The van der Waals surface area contributed by atoms with Crippen LogP contribution in [0.25, 0.3) is 0 Å². The second-order valence-corrected chi connectivity index (χ2v) is 14.1. The molecule has 0 bridgehead atoms. The molecule has 0 atom stereocenters. The Kier molecular flexibility index (Phi) is 47.1. The zero-order valence-electron chi connectivity index (χ0n) is 15.7. The predicted molar refractivity (Wildman–Crippen MR) is 94.6 cm³/mol. The van der Waals surface area contributed by atoms with E-state index < -0.39 is 5.69 Å². The number of rotatable bonds is 9. The summed E-state index contributed by atoms with van der Waals surface area (Å²) in [6, 6.07) is 0. The van der Waals surface area contributed by atoms with Crippen LogP contribution < -0.4 is 9.79 Å². The maximum absolute atomic E-state index is 9.29. The molecular weight excluding hydrogens is 503 g/mol. The fraction of sp³-hybridized carbons (Fsp3) is 1.00. The summed E-state index contributed by atoms with van der Waals surface area (Å²) in [6.45, 7) is 6.74. The summed E-state index contributed by atoms with van der Waals surface area (Å²) in [6.07, 6.45) is 12.9. The Bertz CT molecular complexity index is 182. The van der Waals surface area contributed by atoms with Crippen LogP contribution in [0.5, 0.6) is 0 Å². The maximum Gasteiger partial charge on any atom is -0.160 e. The van der Waals surface area contributed by atoms with Crippen LogP contribution in [0.4, 0.5) is 0 Å². The summed E-state index contributed by atoms with van der Waals surface area (Å²) in [5.41, 5.74) is -3.72.